The van der Waals surface area contributed by atoms with E-state index in [1.807, 2.05) is 31.2 Å². The van der Waals surface area contributed by atoms with Crippen LogP contribution in [-0.2, 0) is 16.1 Å². The summed E-state index contributed by atoms with van der Waals surface area (Å²) in [6.07, 6.45) is 2.87. The van der Waals surface area contributed by atoms with Crippen LogP contribution in [0.2, 0.25) is 0 Å². The lowest BCUT2D eigenvalue weighted by molar-refractivity contribution is -0.120. The Morgan fingerprint density at radius 1 is 1.44 bits per heavy atom. The number of hydrogen-bond acceptors (Lipinski definition) is 4. The Labute approximate surface area is 154 Å². The fourth-order valence-electron chi connectivity index (χ4n) is 3.15. The fraction of sp³-hybridized carbons (Fsp3) is 0.556. The van der Waals surface area contributed by atoms with Gasteiger partial charge in [-0.2, -0.15) is 0 Å². The average Bonchev–Trinajstić information content (AvgIpc) is 2.97. The zero-order chi connectivity index (χ0) is 16.8. The maximum absolute atomic E-state index is 12.5. The van der Waals surface area contributed by atoms with Crippen molar-refractivity contribution in [2.45, 2.75) is 32.7 Å². The lowest BCUT2D eigenvalue weighted by atomic mass is 9.99. The number of carbonyl (C=O) groups excluding carboxylic acids is 1. The minimum absolute atomic E-state index is 0. The highest BCUT2D eigenvalue weighted by molar-refractivity contribution is 5.93. The summed E-state index contributed by atoms with van der Waals surface area (Å²) >= 11 is 0. The molecule has 1 aromatic heterocycles. The Morgan fingerprint density at radius 2 is 2.28 bits per heavy atom. The minimum atomic E-state index is 0. The first-order chi connectivity index (χ1) is 11.8. The molecule has 1 atom stereocenters. The van der Waals surface area contributed by atoms with Crippen LogP contribution in [0.5, 0.6) is 0 Å². The lowest BCUT2D eigenvalue weighted by Crippen LogP contribution is -2.37. The molecule has 0 radical (unpaired) electrons. The van der Waals surface area contributed by atoms with E-state index in [-0.39, 0.29) is 24.2 Å². The van der Waals surface area contributed by atoms with Crippen LogP contribution in [0, 0.1) is 5.92 Å². The van der Waals surface area contributed by atoms with E-state index in [2.05, 4.69) is 20.2 Å². The number of nitrogens with zero attached hydrogens (tertiary/aromatic N) is 2. The molecule has 7 heteroatoms. The van der Waals surface area contributed by atoms with E-state index in [9.17, 15) is 4.79 Å². The molecule has 25 heavy (non-hydrogen) atoms. The van der Waals surface area contributed by atoms with Gasteiger partial charge in [-0.25, -0.2) is 4.98 Å². The second kappa shape index (κ2) is 9.75. The highest BCUT2D eigenvalue weighted by atomic mass is 35.5. The molecule has 0 saturated carbocycles. The van der Waals surface area contributed by atoms with Gasteiger partial charge in [0.1, 0.15) is 0 Å². The number of benzene rings is 1. The van der Waals surface area contributed by atoms with Gasteiger partial charge in [0, 0.05) is 26.3 Å². The number of aromatic nitrogens is 2. The molecule has 138 valence electrons. The number of anilines is 1. The van der Waals surface area contributed by atoms with E-state index >= 15 is 0 Å². The third-order valence-electron chi connectivity index (χ3n) is 4.43. The van der Waals surface area contributed by atoms with Crippen LogP contribution in [-0.4, -0.2) is 41.8 Å². The minimum Gasteiger partial charge on any atom is -0.382 e. The number of rotatable bonds is 7. The molecule has 2 heterocycles. The number of nitrogens with one attached hydrogen (secondary N) is 2. The van der Waals surface area contributed by atoms with Crippen molar-refractivity contribution in [2.75, 3.05) is 31.6 Å². The van der Waals surface area contributed by atoms with E-state index in [4.69, 9.17) is 4.74 Å². The van der Waals surface area contributed by atoms with Gasteiger partial charge in [-0.15, -0.1) is 12.4 Å². The Morgan fingerprint density at radius 3 is 3.04 bits per heavy atom. The first kappa shape index (κ1) is 19.7. The number of ether oxygens (including phenoxy) is 1. The first-order valence-electron chi connectivity index (χ1n) is 8.84. The van der Waals surface area contributed by atoms with Crippen LogP contribution < -0.4 is 10.6 Å². The normalized spacial score (nSPS) is 17.2. The van der Waals surface area contributed by atoms with Crippen molar-refractivity contribution in [3.63, 3.8) is 0 Å². The molecule has 0 aliphatic carbocycles. The Bertz CT molecular complexity index is 683. The molecule has 1 aromatic carbocycles. The van der Waals surface area contributed by atoms with Crippen LogP contribution in [0.3, 0.4) is 0 Å². The molecule has 1 amide bonds. The summed E-state index contributed by atoms with van der Waals surface area (Å²) < 4.78 is 7.52. The second-order valence-corrected chi connectivity index (χ2v) is 6.16. The highest BCUT2D eigenvalue weighted by Gasteiger charge is 2.22. The highest BCUT2D eigenvalue weighted by Crippen LogP contribution is 2.21. The van der Waals surface area contributed by atoms with Crippen molar-refractivity contribution < 1.29 is 9.53 Å². The molecule has 1 aliphatic heterocycles. The Balaban J connectivity index is 0.00000225. The molecule has 1 unspecified atom stereocenters. The predicted molar refractivity (Wildman–Crippen MR) is 102 cm³/mol. The van der Waals surface area contributed by atoms with Crippen LogP contribution in [0.15, 0.2) is 24.3 Å². The predicted octanol–water partition coefficient (Wildman–Crippen LogP) is 2.82. The number of piperidine rings is 1. The van der Waals surface area contributed by atoms with Crippen molar-refractivity contribution in [3.05, 3.63) is 24.3 Å². The van der Waals surface area contributed by atoms with Gasteiger partial charge in [0.15, 0.2) is 0 Å². The number of hydrogen-bond donors (Lipinski definition) is 2. The average molecular weight is 367 g/mol. The third kappa shape index (κ3) is 4.93. The topological polar surface area (TPSA) is 68.2 Å². The number of fused-ring (bicyclic) bond motifs is 1. The molecule has 0 bridgehead atoms. The van der Waals surface area contributed by atoms with E-state index in [0.717, 1.165) is 56.5 Å². The molecule has 1 saturated heterocycles. The summed E-state index contributed by atoms with van der Waals surface area (Å²) in [6.45, 7) is 5.96. The van der Waals surface area contributed by atoms with Crippen molar-refractivity contribution in [2.24, 2.45) is 5.92 Å². The summed E-state index contributed by atoms with van der Waals surface area (Å²) in [5.41, 5.74) is 1.96. The number of amides is 1. The van der Waals surface area contributed by atoms with Crippen molar-refractivity contribution in [3.8, 4) is 0 Å². The first-order valence-corrected chi connectivity index (χ1v) is 8.84. The standard InChI is InChI=1S/C18H26N4O2.ClH/c1-2-24-12-6-11-22-16-9-4-3-8-15(16)20-18(22)21-17(23)14-7-5-10-19-13-14;/h3-4,8-9,14,19H,2,5-7,10-13H2,1H3,(H,20,21,23);1H. The summed E-state index contributed by atoms with van der Waals surface area (Å²) in [4.78, 5) is 17.2. The molecule has 2 N–H and O–H groups in total. The van der Waals surface area contributed by atoms with E-state index in [1.165, 1.54) is 0 Å². The summed E-state index contributed by atoms with van der Waals surface area (Å²) in [6, 6.07) is 7.99. The Kier molecular flexibility index (Phi) is 7.68. The van der Waals surface area contributed by atoms with Crippen molar-refractivity contribution >= 4 is 35.3 Å². The Hall–Kier alpha value is -1.63. The van der Waals surface area contributed by atoms with Crippen LogP contribution >= 0.6 is 12.4 Å². The van der Waals surface area contributed by atoms with Gasteiger partial charge in [0.25, 0.3) is 0 Å². The van der Waals surface area contributed by atoms with Crippen molar-refractivity contribution in [1.29, 1.82) is 0 Å². The van der Waals surface area contributed by atoms with Crippen LogP contribution in [0.4, 0.5) is 5.95 Å². The largest absolute Gasteiger partial charge is 0.382 e. The number of halogens is 1. The van der Waals surface area contributed by atoms with Crippen molar-refractivity contribution in [1.82, 2.24) is 14.9 Å². The second-order valence-electron chi connectivity index (χ2n) is 6.16. The molecule has 6 nitrogen and oxygen atoms in total. The van der Waals surface area contributed by atoms with Gasteiger partial charge >= 0.3 is 0 Å². The summed E-state index contributed by atoms with van der Waals surface area (Å²) in [5, 5.41) is 6.33. The van der Waals surface area contributed by atoms with Gasteiger partial charge < -0.3 is 14.6 Å². The number of carbonyl (C=O) groups is 1. The maximum atomic E-state index is 12.5. The molecular weight excluding hydrogens is 340 g/mol. The zero-order valence-corrected chi connectivity index (χ0v) is 15.5. The third-order valence-corrected chi connectivity index (χ3v) is 4.43. The number of para-hydroxylation sites is 2. The monoisotopic (exact) mass is 366 g/mol. The number of imidazole rings is 1. The zero-order valence-electron chi connectivity index (χ0n) is 14.7. The van der Waals surface area contributed by atoms with Gasteiger partial charge in [-0.05, 0) is 44.9 Å². The van der Waals surface area contributed by atoms with Crippen LogP contribution in [0.1, 0.15) is 26.2 Å². The van der Waals surface area contributed by atoms with E-state index in [1.54, 1.807) is 0 Å². The summed E-state index contributed by atoms with van der Waals surface area (Å²) in [7, 11) is 0. The molecule has 0 spiro atoms. The molecule has 1 fully saturated rings. The van der Waals surface area contributed by atoms with E-state index < -0.39 is 0 Å². The van der Waals surface area contributed by atoms with Gasteiger partial charge in [-0.3, -0.25) is 10.1 Å². The van der Waals surface area contributed by atoms with Crippen LogP contribution in [0.25, 0.3) is 11.0 Å². The number of aryl methyl sites for hydroxylation is 1. The molecule has 1 aliphatic rings. The SMILES string of the molecule is CCOCCCn1c(NC(=O)C2CCCNC2)nc2ccccc21.Cl. The fourth-order valence-corrected chi connectivity index (χ4v) is 3.15. The van der Waals surface area contributed by atoms with Gasteiger partial charge in [-0.1, -0.05) is 12.1 Å². The van der Waals surface area contributed by atoms with Gasteiger partial charge in [0.2, 0.25) is 11.9 Å². The quantitative estimate of drug-likeness (QED) is 0.739. The van der Waals surface area contributed by atoms with Gasteiger partial charge in [0.05, 0.1) is 17.0 Å². The lowest BCUT2D eigenvalue weighted by Gasteiger charge is -2.21. The molecular formula is C18H27ClN4O2. The smallest absolute Gasteiger partial charge is 0.231 e. The summed E-state index contributed by atoms with van der Waals surface area (Å²) in [5.74, 6) is 0.724. The molecule has 2 aromatic rings. The maximum Gasteiger partial charge on any atom is 0.231 e. The molecule has 3 rings (SSSR count). The van der Waals surface area contributed by atoms with E-state index in [0.29, 0.717) is 12.6 Å².